The normalized spacial score (nSPS) is 33.6. The molecule has 0 saturated carbocycles. The van der Waals surface area contributed by atoms with Crippen LogP contribution in [0.15, 0.2) is 12.4 Å². The minimum Gasteiger partial charge on any atom is -0.548 e. The lowest BCUT2D eigenvalue weighted by Gasteiger charge is -2.38. The van der Waals surface area contributed by atoms with E-state index < -0.39 is 37.9 Å². The number of aryl methyl sites for hydroxylation is 1. The first-order valence-corrected chi connectivity index (χ1v) is 7.88. The van der Waals surface area contributed by atoms with Crippen molar-refractivity contribution in [3.8, 4) is 0 Å². The van der Waals surface area contributed by atoms with Gasteiger partial charge in [-0.15, -0.1) is 9.36 Å². The molecule has 0 N–H and O–H groups in total. The second-order valence-electron chi connectivity index (χ2n) is 5.60. The second-order valence-corrected chi connectivity index (χ2v) is 8.16. The van der Waals surface area contributed by atoms with Gasteiger partial charge in [0.2, 0.25) is 5.91 Å². The standard InChI is InChI=1S/C11H14N4O5S/c1-11(6-14-4-3-13(2)12-14)9(10(17)18)15-7(16)5-8(15)21(11,19)20/h3-4,8-9H,5-6H2,1-2H3/t8?,9-,11-/m0/s1. The third-order valence-electron chi connectivity index (χ3n) is 4.22. The lowest BCUT2D eigenvalue weighted by molar-refractivity contribution is -0.732. The molecular formula is C11H14N4O5S. The molecule has 0 bridgehead atoms. The minimum absolute atomic E-state index is 0.158. The Kier molecular flexibility index (Phi) is 2.68. The predicted octanol–water partition coefficient (Wildman–Crippen LogP) is -3.43. The number of aliphatic carboxylic acids is 1. The van der Waals surface area contributed by atoms with E-state index in [0.29, 0.717) is 0 Å². The Balaban J connectivity index is 2.08. The monoisotopic (exact) mass is 314 g/mol. The average molecular weight is 314 g/mol. The van der Waals surface area contributed by atoms with Crippen molar-refractivity contribution in [2.45, 2.75) is 36.1 Å². The fourth-order valence-corrected chi connectivity index (χ4v) is 5.45. The third-order valence-corrected chi connectivity index (χ3v) is 6.98. The maximum Gasteiger partial charge on any atom is 0.227 e. The molecule has 3 atom stereocenters. The van der Waals surface area contributed by atoms with Crippen LogP contribution >= 0.6 is 0 Å². The number of carbonyl (C=O) groups is 2. The number of carboxylic acid groups (broad SMARTS) is 1. The highest BCUT2D eigenvalue weighted by molar-refractivity contribution is 7.93. The Labute approximate surface area is 120 Å². The summed E-state index contributed by atoms with van der Waals surface area (Å²) >= 11 is 0. The molecule has 1 amide bonds. The van der Waals surface area contributed by atoms with Crippen molar-refractivity contribution in [1.29, 1.82) is 0 Å². The lowest BCUT2D eigenvalue weighted by atomic mass is 9.96. The van der Waals surface area contributed by atoms with Crippen LogP contribution < -0.4 is 9.79 Å². The highest BCUT2D eigenvalue weighted by Crippen LogP contribution is 2.46. The molecule has 10 heteroatoms. The summed E-state index contributed by atoms with van der Waals surface area (Å²) in [5.74, 6) is -2.04. The van der Waals surface area contributed by atoms with E-state index in [-0.39, 0.29) is 13.0 Å². The van der Waals surface area contributed by atoms with Crippen LogP contribution in [-0.2, 0) is 33.0 Å². The summed E-state index contributed by atoms with van der Waals surface area (Å²) in [5, 5.41) is 14.4. The topological polar surface area (TPSA) is 116 Å². The number of aromatic nitrogens is 3. The SMILES string of the molecule is C[n+]1ccn(C[C@@]2(C)[C@H](C(=O)[O-])N3C(=O)CC3S2(=O)=O)n1. The molecule has 2 fully saturated rings. The number of hydrogen-bond acceptors (Lipinski definition) is 6. The number of sulfone groups is 1. The van der Waals surface area contributed by atoms with Gasteiger partial charge in [-0.05, 0) is 6.92 Å². The van der Waals surface area contributed by atoms with Crippen LogP contribution in [0.1, 0.15) is 13.3 Å². The maximum absolute atomic E-state index is 12.6. The molecule has 1 aromatic heterocycles. The number of fused-ring (bicyclic) bond motifs is 1. The van der Waals surface area contributed by atoms with Crippen molar-refractivity contribution in [3.63, 3.8) is 0 Å². The molecule has 2 saturated heterocycles. The number of β-lactam (4-membered cyclic amide) rings is 1. The fourth-order valence-electron chi connectivity index (χ4n) is 3.09. The second kappa shape index (κ2) is 4.03. The number of amides is 1. The molecule has 1 aromatic rings. The van der Waals surface area contributed by atoms with Gasteiger partial charge >= 0.3 is 0 Å². The Morgan fingerprint density at radius 2 is 2.29 bits per heavy atom. The van der Waals surface area contributed by atoms with Gasteiger partial charge in [0.25, 0.3) is 0 Å². The quantitative estimate of drug-likeness (QED) is 0.423. The molecule has 1 unspecified atom stereocenters. The van der Waals surface area contributed by atoms with Crippen LogP contribution in [0.2, 0.25) is 0 Å². The molecule has 21 heavy (non-hydrogen) atoms. The Morgan fingerprint density at radius 1 is 1.62 bits per heavy atom. The molecular weight excluding hydrogens is 300 g/mol. The molecule has 3 rings (SSSR count). The van der Waals surface area contributed by atoms with E-state index in [0.717, 1.165) is 4.90 Å². The van der Waals surface area contributed by atoms with Crippen molar-refractivity contribution in [2.75, 3.05) is 0 Å². The van der Waals surface area contributed by atoms with Gasteiger partial charge in [0.1, 0.15) is 23.7 Å². The summed E-state index contributed by atoms with van der Waals surface area (Å²) in [6, 6.07) is -1.50. The summed E-state index contributed by atoms with van der Waals surface area (Å²) in [5.41, 5.74) is 0. The summed E-state index contributed by atoms with van der Waals surface area (Å²) in [6.07, 6.45) is 2.98. The van der Waals surface area contributed by atoms with Crippen molar-refractivity contribution in [3.05, 3.63) is 12.4 Å². The highest BCUT2D eigenvalue weighted by atomic mass is 32.2. The minimum atomic E-state index is -3.83. The first-order chi connectivity index (χ1) is 9.68. The van der Waals surface area contributed by atoms with Gasteiger partial charge in [0, 0.05) is 0 Å². The zero-order chi connectivity index (χ0) is 15.6. The maximum atomic E-state index is 12.6. The highest BCUT2D eigenvalue weighted by Gasteiger charge is 2.68. The van der Waals surface area contributed by atoms with Gasteiger partial charge in [-0.25, -0.2) is 8.42 Å². The molecule has 3 heterocycles. The van der Waals surface area contributed by atoms with Crippen LogP contribution in [0.5, 0.6) is 0 Å². The average Bonchev–Trinajstić information content (AvgIpc) is 2.81. The Hall–Kier alpha value is -1.97. The van der Waals surface area contributed by atoms with Crippen LogP contribution in [0.3, 0.4) is 0 Å². The largest absolute Gasteiger partial charge is 0.548 e. The first kappa shape index (κ1) is 14.0. The number of hydrogen-bond donors (Lipinski definition) is 0. The van der Waals surface area contributed by atoms with E-state index in [9.17, 15) is 23.1 Å². The van der Waals surface area contributed by atoms with Gasteiger partial charge in [-0.1, -0.05) is 0 Å². The van der Waals surface area contributed by atoms with E-state index in [2.05, 4.69) is 5.21 Å². The zero-order valence-electron chi connectivity index (χ0n) is 11.5. The number of carboxylic acids is 1. The van der Waals surface area contributed by atoms with Crippen molar-refractivity contribution < 1.29 is 27.8 Å². The van der Waals surface area contributed by atoms with Gasteiger partial charge in [0.15, 0.2) is 22.2 Å². The van der Waals surface area contributed by atoms with Crippen LogP contribution in [-0.4, -0.2) is 51.3 Å². The van der Waals surface area contributed by atoms with Crippen molar-refractivity contribution in [2.24, 2.45) is 7.05 Å². The molecule has 9 nitrogen and oxygen atoms in total. The van der Waals surface area contributed by atoms with Crippen LogP contribution in [0.25, 0.3) is 0 Å². The lowest BCUT2D eigenvalue weighted by Crippen LogP contribution is -2.61. The summed E-state index contributed by atoms with van der Waals surface area (Å²) < 4.78 is 26.4. The van der Waals surface area contributed by atoms with Gasteiger partial charge in [0.05, 0.1) is 23.6 Å². The Morgan fingerprint density at radius 3 is 2.76 bits per heavy atom. The molecule has 0 radical (unpaired) electrons. The zero-order valence-corrected chi connectivity index (χ0v) is 12.3. The smallest absolute Gasteiger partial charge is 0.227 e. The Bertz CT molecular complexity index is 742. The molecule has 2 aliphatic rings. The van der Waals surface area contributed by atoms with E-state index in [1.54, 1.807) is 19.4 Å². The first-order valence-electron chi connectivity index (χ1n) is 6.33. The van der Waals surface area contributed by atoms with E-state index in [1.807, 2.05) is 0 Å². The third kappa shape index (κ3) is 1.65. The molecule has 0 aromatic carbocycles. The summed E-state index contributed by atoms with van der Waals surface area (Å²) in [7, 11) is -2.17. The van der Waals surface area contributed by atoms with Gasteiger partial charge in [-0.3, -0.25) is 4.79 Å². The van der Waals surface area contributed by atoms with Crippen LogP contribution in [0.4, 0.5) is 0 Å². The number of carbonyl (C=O) groups excluding carboxylic acids is 2. The number of rotatable bonds is 3. The van der Waals surface area contributed by atoms with E-state index in [4.69, 9.17) is 0 Å². The molecule has 0 spiro atoms. The number of nitrogens with zero attached hydrogens (tertiary/aromatic N) is 4. The summed E-state index contributed by atoms with van der Waals surface area (Å²) in [6.45, 7) is 1.17. The van der Waals surface area contributed by atoms with Crippen LogP contribution in [0, 0.1) is 0 Å². The molecule has 2 aliphatic heterocycles. The van der Waals surface area contributed by atoms with Crippen molar-refractivity contribution >= 4 is 21.7 Å². The van der Waals surface area contributed by atoms with E-state index in [1.165, 1.54) is 16.3 Å². The van der Waals surface area contributed by atoms with Gasteiger partial charge < -0.3 is 14.8 Å². The molecule has 114 valence electrons. The van der Waals surface area contributed by atoms with E-state index >= 15 is 0 Å². The van der Waals surface area contributed by atoms with Crippen molar-refractivity contribution in [1.82, 2.24) is 14.8 Å². The predicted molar refractivity (Wildman–Crippen MR) is 64.8 cm³/mol. The van der Waals surface area contributed by atoms with Gasteiger partial charge in [-0.2, -0.15) is 0 Å². The molecule has 0 aliphatic carbocycles. The summed E-state index contributed by atoms with van der Waals surface area (Å²) in [4.78, 5) is 23.9. The fraction of sp³-hybridized carbons (Fsp3) is 0.636.